The number of nitrogen functional groups attached to an aromatic ring is 1. The third-order valence-corrected chi connectivity index (χ3v) is 2.87. The zero-order chi connectivity index (χ0) is 14.1. The van der Waals surface area contributed by atoms with Crippen LogP contribution in [-0.4, -0.2) is 20.9 Å². The quantitative estimate of drug-likeness (QED) is 0.761. The van der Waals surface area contributed by atoms with Crippen LogP contribution in [0.1, 0.15) is 10.4 Å². The largest absolute Gasteiger partial charge is 0.478 e. The highest BCUT2D eigenvalue weighted by Gasteiger charge is 2.11. The van der Waals surface area contributed by atoms with Crippen molar-refractivity contribution in [1.29, 1.82) is 0 Å². The molecule has 0 aliphatic heterocycles. The maximum Gasteiger partial charge on any atom is 0.335 e. The van der Waals surface area contributed by atoms with Crippen LogP contribution in [0.4, 0.5) is 5.82 Å². The molecular formula is C14H11N3O3. The summed E-state index contributed by atoms with van der Waals surface area (Å²) in [5.74, 6) is 0.0957. The molecule has 0 aliphatic rings. The van der Waals surface area contributed by atoms with Gasteiger partial charge in [0.05, 0.1) is 17.5 Å². The van der Waals surface area contributed by atoms with Gasteiger partial charge in [-0.15, -0.1) is 0 Å². The van der Waals surface area contributed by atoms with Crippen molar-refractivity contribution in [2.24, 2.45) is 0 Å². The van der Waals surface area contributed by atoms with Crippen LogP contribution >= 0.6 is 0 Å². The molecule has 0 spiro atoms. The van der Waals surface area contributed by atoms with Crippen LogP contribution in [0, 0.1) is 0 Å². The summed E-state index contributed by atoms with van der Waals surface area (Å²) in [6, 6.07) is 11.6. The number of anilines is 1. The van der Waals surface area contributed by atoms with Crippen molar-refractivity contribution in [3.05, 3.63) is 54.3 Å². The van der Waals surface area contributed by atoms with Gasteiger partial charge < -0.3 is 15.3 Å². The molecular weight excluding hydrogens is 258 g/mol. The molecule has 0 amide bonds. The summed E-state index contributed by atoms with van der Waals surface area (Å²) in [7, 11) is 0. The zero-order valence-corrected chi connectivity index (χ0v) is 10.4. The number of carboxylic acid groups (broad SMARTS) is 1. The van der Waals surface area contributed by atoms with Gasteiger partial charge in [0, 0.05) is 6.07 Å². The molecule has 3 aromatic rings. The molecule has 3 rings (SSSR count). The molecule has 3 N–H and O–H groups in total. The molecule has 0 bridgehead atoms. The average Bonchev–Trinajstić information content (AvgIpc) is 3.08. The fourth-order valence-corrected chi connectivity index (χ4v) is 1.89. The predicted molar refractivity (Wildman–Crippen MR) is 72.6 cm³/mol. The van der Waals surface area contributed by atoms with Gasteiger partial charge in [0.25, 0.3) is 0 Å². The zero-order valence-electron chi connectivity index (χ0n) is 10.4. The lowest BCUT2D eigenvalue weighted by Gasteiger charge is -2.03. The number of rotatable bonds is 3. The number of hydrogen-bond donors (Lipinski definition) is 2. The van der Waals surface area contributed by atoms with E-state index in [0.717, 1.165) is 0 Å². The Kier molecular flexibility index (Phi) is 2.76. The summed E-state index contributed by atoms with van der Waals surface area (Å²) in [4.78, 5) is 10.8. The molecule has 100 valence electrons. The van der Waals surface area contributed by atoms with E-state index in [4.69, 9.17) is 15.3 Å². The van der Waals surface area contributed by atoms with Crippen molar-refractivity contribution in [1.82, 2.24) is 9.78 Å². The summed E-state index contributed by atoms with van der Waals surface area (Å²) < 4.78 is 6.80. The van der Waals surface area contributed by atoms with Gasteiger partial charge >= 0.3 is 5.97 Å². The average molecular weight is 269 g/mol. The molecule has 20 heavy (non-hydrogen) atoms. The Bertz CT molecular complexity index is 743. The monoisotopic (exact) mass is 269 g/mol. The van der Waals surface area contributed by atoms with E-state index in [0.29, 0.717) is 23.0 Å². The summed E-state index contributed by atoms with van der Waals surface area (Å²) in [5, 5.41) is 13.2. The van der Waals surface area contributed by atoms with Crippen LogP contribution in [0.2, 0.25) is 0 Å². The minimum absolute atomic E-state index is 0.214. The molecule has 6 nitrogen and oxygen atoms in total. The van der Waals surface area contributed by atoms with Gasteiger partial charge in [-0.3, -0.25) is 0 Å². The maximum atomic E-state index is 10.8. The van der Waals surface area contributed by atoms with Gasteiger partial charge in [0.1, 0.15) is 11.5 Å². The second-order valence-corrected chi connectivity index (χ2v) is 4.20. The second-order valence-electron chi connectivity index (χ2n) is 4.20. The fourth-order valence-electron chi connectivity index (χ4n) is 1.89. The van der Waals surface area contributed by atoms with Crippen molar-refractivity contribution in [2.45, 2.75) is 0 Å². The minimum atomic E-state index is -0.971. The Labute approximate surface area is 114 Å². The van der Waals surface area contributed by atoms with Crippen molar-refractivity contribution >= 4 is 11.8 Å². The van der Waals surface area contributed by atoms with Crippen molar-refractivity contribution in [3.63, 3.8) is 0 Å². The van der Waals surface area contributed by atoms with Crippen LogP contribution in [0.5, 0.6) is 0 Å². The molecule has 2 aromatic heterocycles. The van der Waals surface area contributed by atoms with Gasteiger partial charge in [0.15, 0.2) is 5.76 Å². The highest BCUT2D eigenvalue weighted by Crippen LogP contribution is 2.23. The topological polar surface area (TPSA) is 94.3 Å². The number of aromatic carboxylic acids is 1. The Hall–Kier alpha value is -3.02. The Balaban J connectivity index is 2.00. The predicted octanol–water partition coefficient (Wildman–Crippen LogP) is 2.41. The fraction of sp³-hybridized carbons (Fsp3) is 0. The van der Waals surface area contributed by atoms with Crippen molar-refractivity contribution in [2.75, 3.05) is 5.73 Å². The van der Waals surface area contributed by atoms with Crippen molar-refractivity contribution < 1.29 is 14.3 Å². The first kappa shape index (κ1) is 12.0. The van der Waals surface area contributed by atoms with E-state index in [2.05, 4.69) is 5.10 Å². The first-order valence-corrected chi connectivity index (χ1v) is 5.88. The van der Waals surface area contributed by atoms with Gasteiger partial charge in [0.2, 0.25) is 0 Å². The molecule has 0 aliphatic carbocycles. The smallest absolute Gasteiger partial charge is 0.335 e. The second kappa shape index (κ2) is 4.58. The Morgan fingerprint density at radius 2 is 2.00 bits per heavy atom. The molecule has 0 radical (unpaired) electrons. The normalized spacial score (nSPS) is 10.6. The standard InChI is InChI=1S/C14H11N3O3/c15-13-8-11(12-2-1-7-20-12)16-17(13)10-5-3-9(4-6-10)14(18)19/h1-8H,15H2,(H,18,19). The number of carbonyl (C=O) groups is 1. The number of carboxylic acids is 1. The van der Waals surface area contributed by atoms with E-state index < -0.39 is 5.97 Å². The Morgan fingerprint density at radius 1 is 1.25 bits per heavy atom. The molecule has 0 atom stereocenters. The van der Waals surface area contributed by atoms with E-state index in [9.17, 15) is 4.79 Å². The number of aromatic nitrogens is 2. The maximum absolute atomic E-state index is 10.8. The van der Waals surface area contributed by atoms with Crippen molar-refractivity contribution in [3.8, 4) is 17.1 Å². The minimum Gasteiger partial charge on any atom is -0.478 e. The SMILES string of the molecule is Nc1cc(-c2ccco2)nn1-c1ccc(C(=O)O)cc1. The summed E-state index contributed by atoms with van der Waals surface area (Å²) in [6.45, 7) is 0. The van der Waals surface area contributed by atoms with Gasteiger partial charge in [-0.1, -0.05) is 0 Å². The van der Waals surface area contributed by atoms with Crippen LogP contribution in [0.3, 0.4) is 0 Å². The van der Waals surface area contributed by atoms with Crippen LogP contribution in [0.25, 0.3) is 17.1 Å². The van der Waals surface area contributed by atoms with Gasteiger partial charge in [-0.2, -0.15) is 5.10 Å². The van der Waals surface area contributed by atoms with Gasteiger partial charge in [-0.25, -0.2) is 9.48 Å². The third-order valence-electron chi connectivity index (χ3n) is 2.87. The molecule has 0 saturated carbocycles. The molecule has 0 fully saturated rings. The van der Waals surface area contributed by atoms with Gasteiger partial charge in [-0.05, 0) is 36.4 Å². The third kappa shape index (κ3) is 2.03. The summed E-state index contributed by atoms with van der Waals surface area (Å²) in [5.41, 5.74) is 7.44. The summed E-state index contributed by atoms with van der Waals surface area (Å²) in [6.07, 6.45) is 1.56. The number of nitrogens with zero attached hydrogens (tertiary/aromatic N) is 2. The van der Waals surface area contributed by atoms with E-state index in [1.807, 2.05) is 0 Å². The number of furan rings is 1. The molecule has 1 aromatic carbocycles. The number of nitrogens with two attached hydrogens (primary N) is 1. The lowest BCUT2D eigenvalue weighted by molar-refractivity contribution is 0.0697. The molecule has 0 saturated heterocycles. The first-order chi connectivity index (χ1) is 9.65. The summed E-state index contributed by atoms with van der Waals surface area (Å²) >= 11 is 0. The molecule has 6 heteroatoms. The Morgan fingerprint density at radius 3 is 2.60 bits per heavy atom. The number of benzene rings is 1. The highest BCUT2D eigenvalue weighted by atomic mass is 16.4. The molecule has 2 heterocycles. The molecule has 0 unspecified atom stereocenters. The van der Waals surface area contributed by atoms with E-state index >= 15 is 0 Å². The lowest BCUT2D eigenvalue weighted by atomic mass is 10.2. The lowest BCUT2D eigenvalue weighted by Crippen LogP contribution is -2.03. The first-order valence-electron chi connectivity index (χ1n) is 5.88. The van der Waals surface area contributed by atoms with E-state index in [1.54, 1.807) is 36.6 Å². The van der Waals surface area contributed by atoms with E-state index in [1.165, 1.54) is 16.8 Å². The van der Waals surface area contributed by atoms with Crippen LogP contribution in [-0.2, 0) is 0 Å². The van der Waals surface area contributed by atoms with Crippen LogP contribution < -0.4 is 5.73 Å². The number of hydrogen-bond acceptors (Lipinski definition) is 4. The highest BCUT2D eigenvalue weighted by molar-refractivity contribution is 5.87. The van der Waals surface area contributed by atoms with Crippen LogP contribution in [0.15, 0.2) is 53.1 Å². The van der Waals surface area contributed by atoms with E-state index in [-0.39, 0.29) is 5.56 Å².